The maximum atomic E-state index is 13.2. The molecule has 0 bridgehead atoms. The highest BCUT2D eigenvalue weighted by Gasteiger charge is 2.38. The zero-order chi connectivity index (χ0) is 21.2. The number of allylic oxidation sites excluding steroid dienone is 1. The number of halogens is 3. The normalized spacial score (nSPS) is 31.3. The molecule has 0 aromatic carbocycles. The van der Waals surface area contributed by atoms with E-state index in [-0.39, 0.29) is 50.9 Å². The van der Waals surface area contributed by atoms with Crippen LogP contribution in [-0.4, -0.2) is 58.3 Å². The Balaban J connectivity index is 3.01. The van der Waals surface area contributed by atoms with Crippen LogP contribution in [0.5, 0.6) is 0 Å². The summed E-state index contributed by atoms with van der Waals surface area (Å²) in [7, 11) is 3.04. The molecule has 1 unspecified atom stereocenters. The van der Waals surface area contributed by atoms with E-state index >= 15 is 0 Å². The zero-order valence-electron chi connectivity index (χ0n) is 17.1. The van der Waals surface area contributed by atoms with Gasteiger partial charge in [-0.2, -0.15) is 13.2 Å². The molecular formula is C20H32F3NO4. The lowest BCUT2D eigenvalue weighted by Crippen LogP contribution is -2.37. The first-order valence-electron chi connectivity index (χ1n) is 9.52. The number of amides is 1. The third-order valence-corrected chi connectivity index (χ3v) is 4.76. The molecule has 1 rings (SSSR count). The number of rotatable bonds is 4. The van der Waals surface area contributed by atoms with Gasteiger partial charge in [0.05, 0.1) is 18.6 Å². The number of alkyl halides is 3. The molecule has 1 aliphatic heterocycles. The summed E-state index contributed by atoms with van der Waals surface area (Å²) in [5, 5.41) is 2.50. The minimum Gasteiger partial charge on any atom is -0.377 e. The van der Waals surface area contributed by atoms with Crippen LogP contribution in [0.15, 0.2) is 23.8 Å². The monoisotopic (exact) mass is 407 g/mol. The molecule has 1 aliphatic rings. The van der Waals surface area contributed by atoms with Crippen molar-refractivity contribution in [3.8, 4) is 0 Å². The second-order valence-corrected chi connectivity index (χ2v) is 7.11. The van der Waals surface area contributed by atoms with Gasteiger partial charge in [-0.15, -0.1) is 0 Å². The van der Waals surface area contributed by atoms with Crippen LogP contribution in [0.3, 0.4) is 0 Å². The van der Waals surface area contributed by atoms with E-state index in [1.54, 1.807) is 12.2 Å². The molecule has 0 spiro atoms. The third-order valence-electron chi connectivity index (χ3n) is 4.76. The number of likely N-dealkylation sites (N-methyl/N-ethyl adjacent to an activating group) is 1. The van der Waals surface area contributed by atoms with Crippen LogP contribution >= 0.6 is 0 Å². The van der Waals surface area contributed by atoms with Crippen LogP contribution in [0.2, 0.25) is 0 Å². The molecule has 8 heteroatoms. The fraction of sp³-hybridized carbons (Fsp3) is 0.750. The molecule has 1 amide bonds. The summed E-state index contributed by atoms with van der Waals surface area (Å²) in [4.78, 5) is 11.6. The Kier molecular flexibility index (Phi) is 10.8. The topological polar surface area (TPSA) is 56.8 Å². The summed E-state index contributed by atoms with van der Waals surface area (Å²) in [6, 6.07) is 0. The zero-order valence-corrected chi connectivity index (χ0v) is 17.1. The van der Waals surface area contributed by atoms with Crippen molar-refractivity contribution in [3.05, 3.63) is 23.8 Å². The molecule has 0 aromatic rings. The number of hydrogen-bond donors (Lipinski definition) is 1. The van der Waals surface area contributed by atoms with Gasteiger partial charge in [-0.1, -0.05) is 30.7 Å². The Labute approximate surface area is 165 Å². The quantitative estimate of drug-likeness (QED) is 0.723. The highest BCUT2D eigenvalue weighted by atomic mass is 19.4. The average molecular weight is 407 g/mol. The fourth-order valence-corrected chi connectivity index (χ4v) is 3.16. The lowest BCUT2D eigenvalue weighted by molar-refractivity contribution is -0.180. The van der Waals surface area contributed by atoms with E-state index in [2.05, 4.69) is 5.32 Å². The molecule has 0 radical (unpaired) electrons. The SMILES string of the molecule is CNC(=O)CO[C@H]1[C@H](C)/C=C(/C)COCCC(C(F)(F)F)CC/C=C/[C@@H]1OC. The van der Waals surface area contributed by atoms with Gasteiger partial charge in [0, 0.05) is 26.7 Å². The Morgan fingerprint density at radius 1 is 1.36 bits per heavy atom. The Morgan fingerprint density at radius 3 is 2.68 bits per heavy atom. The number of carbonyl (C=O) groups excluding carboxylic acids is 1. The molecule has 28 heavy (non-hydrogen) atoms. The predicted molar refractivity (Wildman–Crippen MR) is 101 cm³/mol. The standard InChI is InChI=1S/C20H32F3NO4/c1-14-11-15(2)19(28-13-18(25)24-3)17(26-4)8-6-5-7-16(20(21,22)23)9-10-27-12-14/h6,8,11,15-17,19H,5,7,9-10,12-13H2,1-4H3,(H,24,25)/b8-6+,14-11-/t15-,16?,17+,19+/m1/s1. The summed E-state index contributed by atoms with van der Waals surface area (Å²) < 4.78 is 56.3. The maximum Gasteiger partial charge on any atom is 0.391 e. The van der Waals surface area contributed by atoms with Crippen molar-refractivity contribution < 1.29 is 32.2 Å². The number of methoxy groups -OCH3 is 1. The van der Waals surface area contributed by atoms with E-state index < -0.39 is 24.3 Å². The first kappa shape index (κ1) is 24.7. The summed E-state index contributed by atoms with van der Waals surface area (Å²) in [6.45, 7) is 3.99. The van der Waals surface area contributed by atoms with Crippen LogP contribution in [0, 0.1) is 11.8 Å². The number of ether oxygens (including phenoxy) is 3. The molecule has 5 nitrogen and oxygen atoms in total. The van der Waals surface area contributed by atoms with Crippen LogP contribution in [-0.2, 0) is 19.0 Å². The second kappa shape index (κ2) is 12.2. The van der Waals surface area contributed by atoms with Crippen LogP contribution in [0.4, 0.5) is 13.2 Å². The smallest absolute Gasteiger partial charge is 0.377 e. The van der Waals surface area contributed by atoms with Crippen LogP contribution in [0.1, 0.15) is 33.1 Å². The molecule has 0 saturated carbocycles. The second-order valence-electron chi connectivity index (χ2n) is 7.11. The average Bonchev–Trinajstić information content (AvgIpc) is 2.62. The highest BCUT2D eigenvalue weighted by molar-refractivity contribution is 5.76. The van der Waals surface area contributed by atoms with E-state index in [0.717, 1.165) is 5.57 Å². The number of carbonyl (C=O) groups is 1. The molecule has 0 saturated heterocycles. The van der Waals surface area contributed by atoms with Crippen LogP contribution < -0.4 is 5.32 Å². The summed E-state index contributed by atoms with van der Waals surface area (Å²) in [6.07, 6.45) is 0.388. The lowest BCUT2D eigenvalue weighted by Gasteiger charge is -2.28. The Morgan fingerprint density at radius 2 is 2.07 bits per heavy atom. The van der Waals surface area contributed by atoms with Crippen molar-refractivity contribution in [3.63, 3.8) is 0 Å². The largest absolute Gasteiger partial charge is 0.391 e. The van der Waals surface area contributed by atoms with Gasteiger partial charge in [0.2, 0.25) is 5.91 Å². The van der Waals surface area contributed by atoms with E-state index in [0.29, 0.717) is 0 Å². The summed E-state index contributed by atoms with van der Waals surface area (Å²) >= 11 is 0. The highest BCUT2D eigenvalue weighted by Crippen LogP contribution is 2.32. The maximum absolute atomic E-state index is 13.2. The Bertz CT molecular complexity index is 534. The van der Waals surface area contributed by atoms with Gasteiger partial charge in [0.15, 0.2) is 0 Å². The van der Waals surface area contributed by atoms with Crippen molar-refractivity contribution in [2.45, 2.75) is 51.5 Å². The summed E-state index contributed by atoms with van der Waals surface area (Å²) in [5.74, 6) is -1.75. The molecule has 0 fully saturated rings. The minimum atomic E-state index is -4.24. The van der Waals surface area contributed by atoms with Crippen molar-refractivity contribution in [1.82, 2.24) is 5.32 Å². The van der Waals surface area contributed by atoms with Gasteiger partial charge in [0.25, 0.3) is 0 Å². The molecule has 1 N–H and O–H groups in total. The Hall–Kier alpha value is -1.38. The molecule has 4 atom stereocenters. The van der Waals surface area contributed by atoms with Gasteiger partial charge in [0.1, 0.15) is 12.7 Å². The third kappa shape index (κ3) is 8.75. The lowest BCUT2D eigenvalue weighted by atomic mass is 9.95. The fourth-order valence-electron chi connectivity index (χ4n) is 3.16. The van der Waals surface area contributed by atoms with E-state index in [9.17, 15) is 18.0 Å². The molecule has 0 aliphatic carbocycles. The predicted octanol–water partition coefficient (Wildman–Crippen LogP) is 3.65. The first-order chi connectivity index (χ1) is 13.2. The number of nitrogens with one attached hydrogen (secondary N) is 1. The minimum absolute atomic E-state index is 0.00602. The molecule has 162 valence electrons. The van der Waals surface area contributed by atoms with Crippen molar-refractivity contribution >= 4 is 5.91 Å². The van der Waals surface area contributed by atoms with Gasteiger partial charge in [-0.05, 0) is 26.2 Å². The molecule has 1 heterocycles. The molecular weight excluding hydrogens is 375 g/mol. The first-order valence-corrected chi connectivity index (χ1v) is 9.52. The summed E-state index contributed by atoms with van der Waals surface area (Å²) in [5.41, 5.74) is 0.889. The van der Waals surface area contributed by atoms with E-state index in [1.807, 2.05) is 19.9 Å². The van der Waals surface area contributed by atoms with Crippen molar-refractivity contribution in [2.24, 2.45) is 11.8 Å². The van der Waals surface area contributed by atoms with Gasteiger partial charge < -0.3 is 19.5 Å². The van der Waals surface area contributed by atoms with Crippen molar-refractivity contribution in [2.75, 3.05) is 34.0 Å². The van der Waals surface area contributed by atoms with Crippen molar-refractivity contribution in [1.29, 1.82) is 0 Å². The number of hydrogen-bond acceptors (Lipinski definition) is 4. The van der Waals surface area contributed by atoms with Gasteiger partial charge >= 0.3 is 6.18 Å². The van der Waals surface area contributed by atoms with Gasteiger partial charge in [-0.3, -0.25) is 4.79 Å². The van der Waals surface area contributed by atoms with E-state index in [4.69, 9.17) is 14.2 Å². The van der Waals surface area contributed by atoms with E-state index in [1.165, 1.54) is 14.2 Å². The van der Waals surface area contributed by atoms with Crippen LogP contribution in [0.25, 0.3) is 0 Å². The van der Waals surface area contributed by atoms with Gasteiger partial charge in [-0.25, -0.2) is 0 Å². The molecule has 0 aromatic heterocycles.